The molecule has 0 bridgehead atoms. The van der Waals surface area contributed by atoms with Crippen LogP contribution in [0, 0.1) is 5.92 Å². The zero-order valence-electron chi connectivity index (χ0n) is 14.7. The number of nitrogens with zero attached hydrogens (tertiary/aromatic N) is 2. The van der Waals surface area contributed by atoms with E-state index in [9.17, 15) is 4.79 Å². The maximum absolute atomic E-state index is 12.4. The van der Waals surface area contributed by atoms with Crippen molar-refractivity contribution in [1.29, 1.82) is 0 Å². The van der Waals surface area contributed by atoms with Gasteiger partial charge in [-0.3, -0.25) is 0 Å². The minimum atomic E-state index is -0.0385. The molecule has 4 nitrogen and oxygen atoms in total. The molecular weight excluding hydrogens is 345 g/mol. The van der Waals surface area contributed by atoms with Crippen molar-refractivity contribution in [2.24, 2.45) is 5.92 Å². The molecule has 1 heterocycles. The van der Waals surface area contributed by atoms with E-state index < -0.39 is 0 Å². The van der Waals surface area contributed by atoms with Crippen LogP contribution >= 0.6 is 23.2 Å². The molecule has 2 amide bonds. The molecule has 1 aromatic carbocycles. The van der Waals surface area contributed by atoms with Gasteiger partial charge < -0.3 is 15.1 Å². The Balaban J connectivity index is 1.78. The number of hydrogen-bond acceptors (Lipinski definition) is 2. The number of hydrogen-bond donors (Lipinski definition) is 1. The highest BCUT2D eigenvalue weighted by molar-refractivity contribution is 6.42. The summed E-state index contributed by atoms with van der Waals surface area (Å²) >= 11 is 11.9. The molecule has 6 heteroatoms. The quantitative estimate of drug-likeness (QED) is 0.839. The van der Waals surface area contributed by atoms with Crippen molar-refractivity contribution in [2.45, 2.75) is 39.3 Å². The summed E-state index contributed by atoms with van der Waals surface area (Å²) in [5.41, 5.74) is 0.966. The van der Waals surface area contributed by atoms with E-state index in [2.05, 4.69) is 24.1 Å². The van der Waals surface area contributed by atoms with Crippen LogP contribution in [0.25, 0.3) is 0 Å². The third kappa shape index (κ3) is 5.83. The summed E-state index contributed by atoms with van der Waals surface area (Å²) < 4.78 is 0. The van der Waals surface area contributed by atoms with Crippen LogP contribution in [-0.2, 0) is 6.54 Å². The lowest BCUT2D eigenvalue weighted by Crippen LogP contribution is -2.48. The zero-order chi connectivity index (χ0) is 17.7. The summed E-state index contributed by atoms with van der Waals surface area (Å²) in [6, 6.07) is 5.68. The van der Waals surface area contributed by atoms with Crippen molar-refractivity contribution < 1.29 is 4.79 Å². The SMILES string of the molecule is CC(C)CN1CCC(NC(=O)N(C)Cc2ccc(Cl)c(Cl)c2)CC1. The Morgan fingerprint density at radius 3 is 2.54 bits per heavy atom. The Labute approximate surface area is 155 Å². The van der Waals surface area contributed by atoms with E-state index >= 15 is 0 Å². The molecule has 0 atom stereocenters. The summed E-state index contributed by atoms with van der Waals surface area (Å²) in [7, 11) is 1.80. The Morgan fingerprint density at radius 2 is 1.96 bits per heavy atom. The molecule has 1 fully saturated rings. The van der Waals surface area contributed by atoms with Gasteiger partial charge in [0.05, 0.1) is 10.0 Å². The standard InChI is InChI=1S/C18H27Cl2N3O/c1-13(2)11-23-8-6-15(7-9-23)21-18(24)22(3)12-14-4-5-16(19)17(20)10-14/h4-5,10,13,15H,6-9,11-12H2,1-3H3,(H,21,24). The van der Waals surface area contributed by atoms with Crippen LogP contribution in [0.15, 0.2) is 18.2 Å². The number of rotatable bonds is 5. The number of carbonyl (C=O) groups excluding carboxylic acids is 1. The number of halogens is 2. The van der Waals surface area contributed by atoms with Crippen LogP contribution in [0.1, 0.15) is 32.3 Å². The largest absolute Gasteiger partial charge is 0.335 e. The van der Waals surface area contributed by atoms with Crippen LogP contribution in [-0.4, -0.2) is 48.6 Å². The van der Waals surface area contributed by atoms with Gasteiger partial charge in [0.1, 0.15) is 0 Å². The number of benzene rings is 1. The van der Waals surface area contributed by atoms with Gasteiger partial charge >= 0.3 is 6.03 Å². The molecule has 0 aromatic heterocycles. The lowest BCUT2D eigenvalue weighted by molar-refractivity contribution is 0.167. The maximum atomic E-state index is 12.4. The first-order chi connectivity index (χ1) is 11.3. The van der Waals surface area contributed by atoms with Crippen molar-refractivity contribution in [1.82, 2.24) is 15.1 Å². The molecule has 1 aromatic rings. The van der Waals surface area contributed by atoms with Gasteiger partial charge in [0.15, 0.2) is 0 Å². The fourth-order valence-corrected chi connectivity index (χ4v) is 3.37. The molecule has 134 valence electrons. The molecular formula is C18H27Cl2N3O. The minimum Gasteiger partial charge on any atom is -0.335 e. The number of piperidine rings is 1. The molecule has 0 unspecified atom stereocenters. The fraction of sp³-hybridized carbons (Fsp3) is 0.611. The molecule has 1 aliphatic rings. The fourth-order valence-electron chi connectivity index (χ4n) is 3.04. The van der Waals surface area contributed by atoms with Gasteiger partial charge in [-0.15, -0.1) is 0 Å². The maximum Gasteiger partial charge on any atom is 0.317 e. The molecule has 0 saturated carbocycles. The van der Waals surface area contributed by atoms with E-state index in [0.717, 1.165) is 38.0 Å². The van der Waals surface area contributed by atoms with E-state index in [-0.39, 0.29) is 12.1 Å². The average Bonchev–Trinajstić information content (AvgIpc) is 2.52. The van der Waals surface area contributed by atoms with Gasteiger partial charge in [-0.2, -0.15) is 0 Å². The molecule has 1 N–H and O–H groups in total. The summed E-state index contributed by atoms with van der Waals surface area (Å²) in [5, 5.41) is 4.18. The van der Waals surface area contributed by atoms with Crippen LogP contribution in [0.4, 0.5) is 4.79 Å². The van der Waals surface area contributed by atoms with Crippen LogP contribution in [0.2, 0.25) is 10.0 Å². The normalized spacial score (nSPS) is 16.4. The van der Waals surface area contributed by atoms with E-state index in [1.807, 2.05) is 6.07 Å². The smallest absolute Gasteiger partial charge is 0.317 e. The predicted molar refractivity (Wildman–Crippen MR) is 101 cm³/mol. The molecule has 1 saturated heterocycles. The van der Waals surface area contributed by atoms with Crippen molar-refractivity contribution in [3.05, 3.63) is 33.8 Å². The van der Waals surface area contributed by atoms with Gasteiger partial charge in [-0.25, -0.2) is 4.79 Å². The second kappa shape index (κ2) is 8.93. The first-order valence-electron chi connectivity index (χ1n) is 8.53. The van der Waals surface area contributed by atoms with Crippen molar-refractivity contribution in [3.63, 3.8) is 0 Å². The third-order valence-electron chi connectivity index (χ3n) is 4.29. The molecule has 24 heavy (non-hydrogen) atoms. The third-order valence-corrected chi connectivity index (χ3v) is 5.03. The van der Waals surface area contributed by atoms with E-state index in [1.54, 1.807) is 24.1 Å². The minimum absolute atomic E-state index is 0.0385. The second-order valence-electron chi connectivity index (χ2n) is 7.02. The predicted octanol–water partition coefficient (Wildman–Crippen LogP) is 4.26. The monoisotopic (exact) mass is 371 g/mol. The summed E-state index contributed by atoms with van der Waals surface area (Å²) in [6.45, 7) is 8.24. The highest BCUT2D eigenvalue weighted by Gasteiger charge is 2.22. The van der Waals surface area contributed by atoms with E-state index in [0.29, 0.717) is 22.5 Å². The van der Waals surface area contributed by atoms with Gasteiger partial charge in [-0.1, -0.05) is 43.1 Å². The zero-order valence-corrected chi connectivity index (χ0v) is 16.2. The van der Waals surface area contributed by atoms with Crippen molar-refractivity contribution in [3.8, 4) is 0 Å². The molecule has 2 rings (SSSR count). The first kappa shape index (κ1) is 19.4. The van der Waals surface area contributed by atoms with Crippen molar-refractivity contribution >= 4 is 29.2 Å². The van der Waals surface area contributed by atoms with Crippen molar-refractivity contribution in [2.75, 3.05) is 26.7 Å². The average molecular weight is 372 g/mol. The Bertz CT molecular complexity index is 557. The molecule has 0 aliphatic carbocycles. The summed E-state index contributed by atoms with van der Waals surface area (Å²) in [6.07, 6.45) is 2.03. The highest BCUT2D eigenvalue weighted by Crippen LogP contribution is 2.23. The van der Waals surface area contributed by atoms with Gasteiger partial charge in [0, 0.05) is 39.3 Å². The Hall–Kier alpha value is -0.970. The van der Waals surface area contributed by atoms with Gasteiger partial charge in [0.2, 0.25) is 0 Å². The summed E-state index contributed by atoms with van der Waals surface area (Å²) in [5.74, 6) is 0.688. The lowest BCUT2D eigenvalue weighted by atomic mass is 10.0. The van der Waals surface area contributed by atoms with E-state index in [1.165, 1.54) is 0 Å². The number of urea groups is 1. The number of nitrogens with one attached hydrogen (secondary N) is 1. The van der Waals surface area contributed by atoms with E-state index in [4.69, 9.17) is 23.2 Å². The first-order valence-corrected chi connectivity index (χ1v) is 9.28. The summed E-state index contributed by atoms with van der Waals surface area (Å²) in [4.78, 5) is 16.5. The Morgan fingerprint density at radius 1 is 1.29 bits per heavy atom. The number of carbonyl (C=O) groups is 1. The van der Waals surface area contributed by atoms with Crippen LogP contribution in [0.5, 0.6) is 0 Å². The molecule has 1 aliphatic heterocycles. The second-order valence-corrected chi connectivity index (χ2v) is 7.84. The number of likely N-dealkylation sites (tertiary alicyclic amines) is 1. The van der Waals surface area contributed by atoms with Gasteiger partial charge in [-0.05, 0) is 36.5 Å². The van der Waals surface area contributed by atoms with Crippen LogP contribution in [0.3, 0.4) is 0 Å². The topological polar surface area (TPSA) is 35.6 Å². The highest BCUT2D eigenvalue weighted by atomic mass is 35.5. The molecule has 0 spiro atoms. The van der Waals surface area contributed by atoms with Crippen LogP contribution < -0.4 is 5.32 Å². The van der Waals surface area contributed by atoms with Gasteiger partial charge in [0.25, 0.3) is 0 Å². The molecule has 0 radical (unpaired) electrons. The Kier molecular flexibility index (Phi) is 7.20. The lowest BCUT2D eigenvalue weighted by Gasteiger charge is -2.34. The number of amides is 2.